The number of fused-ring (bicyclic) bond motifs is 7. The number of anilines is 3. The maximum Gasteiger partial charge on any atom is 0.208 e. The summed E-state index contributed by atoms with van der Waals surface area (Å²) in [6.07, 6.45) is 0. The van der Waals surface area contributed by atoms with E-state index in [0.29, 0.717) is 11.1 Å². The van der Waals surface area contributed by atoms with E-state index in [9.17, 15) is 26.4 Å². The molecule has 0 fully saturated rings. The average Bonchev–Trinajstić information content (AvgIpc) is 3.76. The fourth-order valence-corrected chi connectivity index (χ4v) is 13.7. The number of benzene rings is 10. The number of rotatable bonds is 7. The van der Waals surface area contributed by atoms with Gasteiger partial charge in [0.15, 0.2) is 11.6 Å². The van der Waals surface area contributed by atoms with Crippen LogP contribution in [0.4, 0.5) is 17.1 Å². The molecule has 0 radical (unpaired) electrons. The number of nitrogens with zero attached hydrogens (tertiary/aromatic N) is 2. The molecule has 1 aromatic heterocycles. The highest BCUT2D eigenvalue weighted by molar-refractivity contribution is 7.92. The van der Waals surface area contributed by atoms with Gasteiger partial charge in [-0.3, -0.25) is 9.59 Å². The third kappa shape index (κ3) is 6.71. The van der Waals surface area contributed by atoms with E-state index in [0.717, 1.165) is 66.8 Å². The molecule has 2 aliphatic rings. The Kier molecular flexibility index (Phi) is 9.76. The van der Waals surface area contributed by atoms with Crippen molar-refractivity contribution in [2.24, 2.45) is 0 Å². The second-order valence-electron chi connectivity index (χ2n) is 18.0. The minimum Gasteiger partial charge on any atom is -0.311 e. The van der Waals surface area contributed by atoms with Crippen molar-refractivity contribution in [2.45, 2.75) is 19.6 Å². The first-order valence-corrected chi connectivity index (χ1v) is 26.3. The zero-order valence-corrected chi connectivity index (χ0v) is 39.7. The van der Waals surface area contributed by atoms with Crippen LogP contribution < -0.4 is 4.90 Å². The zero-order valence-electron chi connectivity index (χ0n) is 38.1. The lowest BCUT2D eigenvalue weighted by Gasteiger charge is -2.25. The van der Waals surface area contributed by atoms with Crippen molar-refractivity contribution >= 4 is 70.1 Å². The summed E-state index contributed by atoms with van der Waals surface area (Å²) in [7, 11) is -7.96. The van der Waals surface area contributed by atoms with Gasteiger partial charge in [0.1, 0.15) is 0 Å². The van der Waals surface area contributed by atoms with Crippen molar-refractivity contribution in [2.75, 3.05) is 4.90 Å². The van der Waals surface area contributed by atoms with Crippen LogP contribution in [0.25, 0.3) is 60.9 Å². The van der Waals surface area contributed by atoms with Crippen LogP contribution in [-0.4, -0.2) is 33.0 Å². The van der Waals surface area contributed by atoms with E-state index in [2.05, 4.69) is 45.9 Å². The molecule has 8 nitrogen and oxygen atoms in total. The molecule has 2 aliphatic heterocycles. The molecule has 0 atom stereocenters. The SMILES string of the molecule is O=C1c2ccccc2S(=O)(=O)c2ccc(-c3ccc4c(c3)c3ccccc3n4-c3cccc(-c4ccc5c(c4)S(=O)(=O)c4ccc(-c6ccc(N(c7ccccc7)c7ccccc7)cc6)cc4C5=O)c3)cc21. The highest BCUT2D eigenvalue weighted by atomic mass is 32.2. The van der Waals surface area contributed by atoms with Crippen molar-refractivity contribution in [3.05, 3.63) is 253 Å². The fourth-order valence-electron chi connectivity index (χ4n) is 10.4. The molecule has 0 spiro atoms. The van der Waals surface area contributed by atoms with E-state index in [1.165, 1.54) is 12.1 Å². The standard InChI is InChI=1S/C62H38N2O6S2/c65-61-50-19-8-10-21-57(50)71(67,68)58-33-27-43(37-54(58)61)42-25-31-56-52(35-42)49-18-7-9-20-55(49)64(56)48-17-11-12-40(34-48)44-24-30-51-60(38-44)72(69,70)59-32-26-41(36-53(59)62(51)66)39-22-28-47(29-23-39)63(45-13-3-1-4-14-45)46-15-5-2-6-16-46/h1-38H. The number of aromatic nitrogens is 1. The van der Waals surface area contributed by atoms with Crippen LogP contribution in [-0.2, 0) is 19.7 Å². The number of carbonyl (C=O) groups excluding carboxylic acids is 2. The van der Waals surface area contributed by atoms with Gasteiger partial charge in [-0.15, -0.1) is 0 Å². The Morgan fingerprint density at radius 3 is 1.47 bits per heavy atom. The summed E-state index contributed by atoms with van der Waals surface area (Å²) in [5, 5.41) is 1.94. The van der Waals surface area contributed by atoms with Gasteiger partial charge >= 0.3 is 0 Å². The van der Waals surface area contributed by atoms with Crippen molar-refractivity contribution in [3.8, 4) is 39.1 Å². The molecule has 0 aliphatic carbocycles. The predicted molar refractivity (Wildman–Crippen MR) is 282 cm³/mol. The molecule has 72 heavy (non-hydrogen) atoms. The number of para-hydroxylation sites is 3. The smallest absolute Gasteiger partial charge is 0.208 e. The molecular formula is C62H38N2O6S2. The molecule has 10 aromatic carbocycles. The Morgan fingerprint density at radius 1 is 0.306 bits per heavy atom. The van der Waals surface area contributed by atoms with Gasteiger partial charge < -0.3 is 9.47 Å². The van der Waals surface area contributed by atoms with Crippen LogP contribution in [0.2, 0.25) is 0 Å². The van der Waals surface area contributed by atoms with Crippen molar-refractivity contribution in [1.29, 1.82) is 0 Å². The minimum atomic E-state index is -4.09. The van der Waals surface area contributed by atoms with Crippen LogP contribution in [0.1, 0.15) is 31.8 Å². The lowest BCUT2D eigenvalue weighted by atomic mass is 9.95. The van der Waals surface area contributed by atoms with Gasteiger partial charge in [0, 0.05) is 55.8 Å². The molecule has 0 unspecified atom stereocenters. The minimum absolute atomic E-state index is 0.00302. The Labute approximate surface area is 415 Å². The largest absolute Gasteiger partial charge is 0.311 e. The normalized spacial score (nSPS) is 14.1. The molecule has 11 aromatic rings. The lowest BCUT2D eigenvalue weighted by molar-refractivity contribution is 0.102. The highest BCUT2D eigenvalue weighted by Gasteiger charge is 2.36. The van der Waals surface area contributed by atoms with Crippen molar-refractivity contribution < 1.29 is 26.4 Å². The molecule has 0 bridgehead atoms. The molecular weight excluding hydrogens is 933 g/mol. The lowest BCUT2D eigenvalue weighted by Crippen LogP contribution is -2.20. The average molecular weight is 971 g/mol. The van der Waals surface area contributed by atoms with E-state index in [1.54, 1.807) is 66.7 Å². The van der Waals surface area contributed by atoms with E-state index < -0.39 is 19.7 Å². The van der Waals surface area contributed by atoms with Crippen LogP contribution in [0.3, 0.4) is 0 Å². The van der Waals surface area contributed by atoms with Crippen molar-refractivity contribution in [1.82, 2.24) is 4.57 Å². The number of ketones is 2. The van der Waals surface area contributed by atoms with Gasteiger partial charge in [-0.25, -0.2) is 16.8 Å². The summed E-state index contributed by atoms with van der Waals surface area (Å²) in [5.74, 6) is -0.680. The summed E-state index contributed by atoms with van der Waals surface area (Å²) in [6, 6.07) is 71.5. The van der Waals surface area contributed by atoms with Crippen molar-refractivity contribution in [3.63, 3.8) is 0 Å². The van der Waals surface area contributed by atoms with Gasteiger partial charge in [0.05, 0.1) is 30.6 Å². The monoisotopic (exact) mass is 970 g/mol. The molecule has 10 heteroatoms. The van der Waals surface area contributed by atoms with Crippen LogP contribution in [0.15, 0.2) is 250 Å². The Hall–Kier alpha value is -8.96. The van der Waals surface area contributed by atoms with Gasteiger partial charge in [-0.2, -0.15) is 0 Å². The maximum absolute atomic E-state index is 14.5. The second kappa shape index (κ2) is 16.3. The molecule has 13 rings (SSSR count). The van der Waals surface area contributed by atoms with Gasteiger partial charge in [0.25, 0.3) is 0 Å². The highest BCUT2D eigenvalue weighted by Crippen LogP contribution is 2.43. The molecule has 0 saturated carbocycles. The van der Waals surface area contributed by atoms with Crippen LogP contribution in [0, 0.1) is 0 Å². The van der Waals surface area contributed by atoms with Gasteiger partial charge in [-0.1, -0.05) is 115 Å². The van der Waals surface area contributed by atoms with E-state index in [-0.39, 0.29) is 53.4 Å². The van der Waals surface area contributed by atoms with E-state index >= 15 is 0 Å². The van der Waals surface area contributed by atoms with Gasteiger partial charge in [-0.05, 0) is 149 Å². The topological polar surface area (TPSA) is 111 Å². The number of hydrogen-bond acceptors (Lipinski definition) is 7. The van der Waals surface area contributed by atoms with Crippen LogP contribution in [0.5, 0.6) is 0 Å². The zero-order chi connectivity index (χ0) is 48.9. The summed E-state index contributed by atoms with van der Waals surface area (Å²) in [4.78, 5) is 30.1. The third-order valence-electron chi connectivity index (χ3n) is 13.9. The van der Waals surface area contributed by atoms with E-state index in [4.69, 9.17) is 0 Å². The van der Waals surface area contributed by atoms with Gasteiger partial charge in [0.2, 0.25) is 19.7 Å². The quantitative estimate of drug-likeness (QED) is 0.156. The first-order chi connectivity index (χ1) is 35.0. The third-order valence-corrected chi connectivity index (χ3v) is 17.6. The first-order valence-electron chi connectivity index (χ1n) is 23.3. The fraction of sp³-hybridized carbons (Fsp3) is 0. The summed E-state index contributed by atoms with van der Waals surface area (Å²) in [5.41, 5.74) is 10.7. The summed E-state index contributed by atoms with van der Waals surface area (Å²) < 4.78 is 58.2. The summed E-state index contributed by atoms with van der Waals surface area (Å²) in [6.45, 7) is 0. The Morgan fingerprint density at radius 2 is 0.778 bits per heavy atom. The number of sulfone groups is 2. The molecule has 0 saturated heterocycles. The Bertz CT molecular complexity index is 4300. The summed E-state index contributed by atoms with van der Waals surface area (Å²) >= 11 is 0. The predicted octanol–water partition coefficient (Wildman–Crippen LogP) is 14.0. The maximum atomic E-state index is 14.5. The first kappa shape index (κ1) is 43.1. The molecule has 3 heterocycles. The van der Waals surface area contributed by atoms with E-state index in [1.807, 2.05) is 115 Å². The number of hydrogen-bond donors (Lipinski definition) is 0. The molecule has 0 amide bonds. The molecule has 344 valence electrons. The second-order valence-corrected chi connectivity index (χ2v) is 21.8. The van der Waals surface area contributed by atoms with Crippen LogP contribution >= 0.6 is 0 Å². The Balaban J connectivity index is 0.822. The molecule has 0 N–H and O–H groups in total. The number of carbonyl (C=O) groups is 2.